The van der Waals surface area contributed by atoms with Crippen LogP contribution in [0.3, 0.4) is 0 Å². The molecule has 3 heteroatoms. The lowest BCUT2D eigenvalue weighted by Gasteiger charge is -2.13. The number of anilines is 1. The highest BCUT2D eigenvalue weighted by Gasteiger charge is 2.44. The first-order valence-electron chi connectivity index (χ1n) is 4.48. The van der Waals surface area contributed by atoms with E-state index in [1.165, 1.54) is 18.4 Å². The molecular weight excluding hydrogens is 164 g/mol. The third-order valence-electron chi connectivity index (χ3n) is 2.67. The van der Waals surface area contributed by atoms with Crippen molar-refractivity contribution >= 4 is 5.82 Å². The minimum atomic E-state index is 0.245. The monoisotopic (exact) mass is 178 g/mol. The van der Waals surface area contributed by atoms with E-state index in [0.717, 1.165) is 6.61 Å². The van der Waals surface area contributed by atoms with Crippen LogP contribution in [0.2, 0.25) is 0 Å². The number of methoxy groups -OCH3 is 1. The van der Waals surface area contributed by atoms with E-state index in [4.69, 9.17) is 10.5 Å². The van der Waals surface area contributed by atoms with Crippen molar-refractivity contribution in [2.75, 3.05) is 19.5 Å². The summed E-state index contributed by atoms with van der Waals surface area (Å²) >= 11 is 0. The Bertz CT molecular complexity index is 290. The number of rotatable bonds is 3. The lowest BCUT2D eigenvalue weighted by molar-refractivity contribution is 0.171. The van der Waals surface area contributed by atoms with Crippen molar-refractivity contribution in [1.29, 1.82) is 0 Å². The van der Waals surface area contributed by atoms with Gasteiger partial charge in [0, 0.05) is 18.7 Å². The van der Waals surface area contributed by atoms with E-state index < -0.39 is 0 Å². The summed E-state index contributed by atoms with van der Waals surface area (Å²) in [7, 11) is 1.74. The second-order valence-corrected chi connectivity index (χ2v) is 3.69. The van der Waals surface area contributed by atoms with E-state index in [1.807, 2.05) is 18.3 Å². The summed E-state index contributed by atoms with van der Waals surface area (Å²) in [6.45, 7) is 0.790. The molecule has 1 aliphatic rings. The van der Waals surface area contributed by atoms with E-state index in [9.17, 15) is 0 Å². The molecule has 2 N–H and O–H groups in total. The predicted molar refractivity (Wildman–Crippen MR) is 51.4 cm³/mol. The lowest BCUT2D eigenvalue weighted by Crippen LogP contribution is -2.14. The molecule has 0 radical (unpaired) electrons. The maximum absolute atomic E-state index is 5.52. The molecule has 13 heavy (non-hydrogen) atoms. The first kappa shape index (κ1) is 8.51. The summed E-state index contributed by atoms with van der Waals surface area (Å²) in [5.41, 5.74) is 7.02. The molecule has 0 unspecified atom stereocenters. The van der Waals surface area contributed by atoms with Crippen LogP contribution in [-0.4, -0.2) is 18.7 Å². The van der Waals surface area contributed by atoms with Gasteiger partial charge in [0.05, 0.1) is 6.61 Å². The molecule has 1 aromatic heterocycles. The molecule has 0 amide bonds. The second kappa shape index (κ2) is 3.00. The molecule has 1 saturated carbocycles. The summed E-state index contributed by atoms with van der Waals surface area (Å²) in [6, 6.07) is 3.90. The van der Waals surface area contributed by atoms with Crippen molar-refractivity contribution in [3.05, 3.63) is 23.9 Å². The number of aromatic nitrogens is 1. The van der Waals surface area contributed by atoms with Gasteiger partial charge in [0.15, 0.2) is 0 Å². The first-order chi connectivity index (χ1) is 6.27. The van der Waals surface area contributed by atoms with Gasteiger partial charge in [-0.15, -0.1) is 0 Å². The van der Waals surface area contributed by atoms with E-state index >= 15 is 0 Å². The topological polar surface area (TPSA) is 48.1 Å². The minimum absolute atomic E-state index is 0.245. The van der Waals surface area contributed by atoms with Crippen LogP contribution < -0.4 is 5.73 Å². The second-order valence-electron chi connectivity index (χ2n) is 3.69. The third-order valence-corrected chi connectivity index (χ3v) is 2.67. The van der Waals surface area contributed by atoms with Crippen LogP contribution in [0.1, 0.15) is 18.4 Å². The summed E-state index contributed by atoms with van der Waals surface area (Å²) < 4.78 is 5.19. The molecular formula is C10H14N2O. The standard InChI is InChI=1S/C10H14N2O/c1-13-7-10(4-5-10)8-2-3-9(11)12-6-8/h2-3,6H,4-5,7H2,1H3,(H2,11,12). The normalized spacial score (nSPS) is 18.5. The lowest BCUT2D eigenvalue weighted by atomic mass is 9.99. The zero-order chi connectivity index (χ0) is 9.31. The van der Waals surface area contributed by atoms with Crippen LogP contribution >= 0.6 is 0 Å². The number of pyridine rings is 1. The number of ether oxygens (including phenoxy) is 1. The van der Waals surface area contributed by atoms with E-state index in [-0.39, 0.29) is 5.41 Å². The summed E-state index contributed by atoms with van der Waals surface area (Å²) in [4.78, 5) is 4.09. The molecule has 1 heterocycles. The molecule has 0 bridgehead atoms. The van der Waals surface area contributed by atoms with E-state index in [2.05, 4.69) is 4.98 Å². The molecule has 1 aromatic rings. The maximum atomic E-state index is 5.52. The average Bonchev–Trinajstić information content (AvgIpc) is 2.87. The van der Waals surface area contributed by atoms with Crippen molar-refractivity contribution in [3.63, 3.8) is 0 Å². The highest BCUT2D eigenvalue weighted by atomic mass is 16.5. The van der Waals surface area contributed by atoms with Gasteiger partial charge in [-0.3, -0.25) is 0 Å². The van der Waals surface area contributed by atoms with Gasteiger partial charge in [0.25, 0.3) is 0 Å². The van der Waals surface area contributed by atoms with Crippen LogP contribution in [0, 0.1) is 0 Å². The average molecular weight is 178 g/mol. The van der Waals surface area contributed by atoms with Crippen molar-refractivity contribution in [2.45, 2.75) is 18.3 Å². The number of nitrogen functional groups attached to an aromatic ring is 1. The zero-order valence-electron chi connectivity index (χ0n) is 7.79. The van der Waals surface area contributed by atoms with Gasteiger partial charge < -0.3 is 10.5 Å². The van der Waals surface area contributed by atoms with Crippen molar-refractivity contribution in [1.82, 2.24) is 4.98 Å². The number of hydrogen-bond acceptors (Lipinski definition) is 3. The largest absolute Gasteiger partial charge is 0.384 e. The predicted octanol–water partition coefficient (Wildman–Crippen LogP) is 1.34. The molecule has 0 aliphatic heterocycles. The molecule has 2 rings (SSSR count). The van der Waals surface area contributed by atoms with Gasteiger partial charge in [-0.2, -0.15) is 0 Å². The maximum Gasteiger partial charge on any atom is 0.123 e. The molecule has 0 spiro atoms. The molecule has 0 saturated heterocycles. The number of nitrogens with two attached hydrogens (primary N) is 1. The van der Waals surface area contributed by atoms with Crippen molar-refractivity contribution in [3.8, 4) is 0 Å². The highest BCUT2D eigenvalue weighted by Crippen LogP contribution is 2.48. The van der Waals surface area contributed by atoms with Gasteiger partial charge in [-0.1, -0.05) is 6.07 Å². The Labute approximate surface area is 77.9 Å². The molecule has 0 atom stereocenters. The molecule has 3 nitrogen and oxygen atoms in total. The Balaban J connectivity index is 2.20. The highest BCUT2D eigenvalue weighted by molar-refractivity contribution is 5.36. The molecule has 1 fully saturated rings. The fourth-order valence-electron chi connectivity index (χ4n) is 1.66. The van der Waals surface area contributed by atoms with Gasteiger partial charge in [0.1, 0.15) is 5.82 Å². The summed E-state index contributed by atoms with van der Waals surface area (Å²) in [5, 5.41) is 0. The van der Waals surface area contributed by atoms with Gasteiger partial charge in [-0.05, 0) is 24.5 Å². The third kappa shape index (κ3) is 1.52. The SMILES string of the molecule is COCC1(c2ccc(N)nc2)CC1. The summed E-state index contributed by atoms with van der Waals surface area (Å²) in [6.07, 6.45) is 4.26. The quantitative estimate of drug-likeness (QED) is 0.759. The van der Waals surface area contributed by atoms with Crippen molar-refractivity contribution in [2.24, 2.45) is 0 Å². The Hall–Kier alpha value is -1.09. The van der Waals surface area contributed by atoms with Gasteiger partial charge in [-0.25, -0.2) is 4.98 Å². The van der Waals surface area contributed by atoms with Crippen LogP contribution in [0.15, 0.2) is 18.3 Å². The fourth-order valence-corrected chi connectivity index (χ4v) is 1.66. The Kier molecular flexibility index (Phi) is 1.96. The smallest absolute Gasteiger partial charge is 0.123 e. The van der Waals surface area contributed by atoms with Crippen molar-refractivity contribution < 1.29 is 4.74 Å². The van der Waals surface area contributed by atoms with Crippen LogP contribution in [-0.2, 0) is 10.2 Å². The van der Waals surface area contributed by atoms with Crippen LogP contribution in [0.4, 0.5) is 5.82 Å². The summed E-state index contributed by atoms with van der Waals surface area (Å²) in [5.74, 6) is 0.581. The fraction of sp³-hybridized carbons (Fsp3) is 0.500. The Morgan fingerprint density at radius 3 is 2.77 bits per heavy atom. The van der Waals surface area contributed by atoms with Gasteiger partial charge in [0.2, 0.25) is 0 Å². The Morgan fingerprint density at radius 2 is 2.31 bits per heavy atom. The first-order valence-corrected chi connectivity index (χ1v) is 4.48. The minimum Gasteiger partial charge on any atom is -0.384 e. The number of hydrogen-bond donors (Lipinski definition) is 1. The molecule has 1 aliphatic carbocycles. The van der Waals surface area contributed by atoms with Gasteiger partial charge >= 0.3 is 0 Å². The molecule has 0 aromatic carbocycles. The molecule has 70 valence electrons. The zero-order valence-corrected chi connectivity index (χ0v) is 7.79. The number of nitrogens with zero attached hydrogens (tertiary/aromatic N) is 1. The van der Waals surface area contributed by atoms with Crippen LogP contribution in [0.5, 0.6) is 0 Å². The Morgan fingerprint density at radius 1 is 1.54 bits per heavy atom. The van der Waals surface area contributed by atoms with E-state index in [1.54, 1.807) is 7.11 Å². The van der Waals surface area contributed by atoms with Crippen LogP contribution in [0.25, 0.3) is 0 Å². The van der Waals surface area contributed by atoms with E-state index in [0.29, 0.717) is 5.82 Å².